The molecule has 6 heteroatoms. The van der Waals surface area contributed by atoms with Crippen molar-refractivity contribution in [3.8, 4) is 11.5 Å². The van der Waals surface area contributed by atoms with Crippen molar-refractivity contribution >= 4 is 17.5 Å². The van der Waals surface area contributed by atoms with Gasteiger partial charge in [-0.25, -0.2) is 4.98 Å². The quantitative estimate of drug-likeness (QED) is 0.856. The van der Waals surface area contributed by atoms with Crippen molar-refractivity contribution in [2.45, 2.75) is 38.6 Å². The maximum absolute atomic E-state index is 5.35. The van der Waals surface area contributed by atoms with Gasteiger partial charge in [-0.3, -0.25) is 0 Å². The van der Waals surface area contributed by atoms with E-state index in [-0.39, 0.29) is 0 Å². The predicted octanol–water partition coefficient (Wildman–Crippen LogP) is 4.01. The van der Waals surface area contributed by atoms with Crippen LogP contribution in [0, 0.1) is 0 Å². The van der Waals surface area contributed by atoms with Crippen LogP contribution < -0.4 is 19.7 Å². The largest absolute Gasteiger partial charge is 0.493 e. The molecular formula is C19H26N4O2. The fourth-order valence-electron chi connectivity index (χ4n) is 3.34. The van der Waals surface area contributed by atoms with Gasteiger partial charge in [0.15, 0.2) is 11.5 Å². The van der Waals surface area contributed by atoms with Crippen LogP contribution in [0.1, 0.15) is 32.6 Å². The lowest BCUT2D eigenvalue weighted by atomic mass is 10.0. The summed E-state index contributed by atoms with van der Waals surface area (Å²) in [5.41, 5.74) is 0.862. The molecule has 1 atom stereocenters. The molecule has 2 aromatic rings. The van der Waals surface area contributed by atoms with Crippen molar-refractivity contribution in [2.75, 3.05) is 31.0 Å². The van der Waals surface area contributed by atoms with Gasteiger partial charge < -0.3 is 19.7 Å². The Morgan fingerprint density at radius 1 is 1.16 bits per heavy atom. The second kappa shape index (κ2) is 8.05. The van der Waals surface area contributed by atoms with Crippen molar-refractivity contribution in [3.05, 3.63) is 30.5 Å². The van der Waals surface area contributed by atoms with E-state index in [9.17, 15) is 0 Å². The van der Waals surface area contributed by atoms with E-state index < -0.39 is 0 Å². The van der Waals surface area contributed by atoms with Crippen molar-refractivity contribution < 1.29 is 9.47 Å². The Bertz CT molecular complexity index is 708. The molecule has 0 aliphatic carbocycles. The Hall–Kier alpha value is -2.50. The number of ether oxygens (including phenoxy) is 2. The second-order valence-corrected chi connectivity index (χ2v) is 6.18. The summed E-state index contributed by atoms with van der Waals surface area (Å²) in [7, 11) is 3.25. The summed E-state index contributed by atoms with van der Waals surface area (Å²) in [5.74, 6) is 2.95. The third-order valence-electron chi connectivity index (χ3n) is 4.67. The van der Waals surface area contributed by atoms with Crippen LogP contribution in [-0.2, 0) is 0 Å². The number of rotatable bonds is 6. The van der Waals surface area contributed by atoms with Crippen molar-refractivity contribution in [1.82, 2.24) is 9.97 Å². The third kappa shape index (κ3) is 3.95. The number of aromatic nitrogens is 2. The molecule has 1 N–H and O–H groups in total. The molecule has 1 fully saturated rings. The maximum Gasteiger partial charge on any atom is 0.229 e. The Morgan fingerprint density at radius 2 is 2.00 bits per heavy atom. The first-order valence-corrected chi connectivity index (χ1v) is 8.84. The number of piperidine rings is 1. The third-order valence-corrected chi connectivity index (χ3v) is 4.67. The average Bonchev–Trinajstić information content (AvgIpc) is 2.68. The molecular weight excluding hydrogens is 316 g/mol. The summed E-state index contributed by atoms with van der Waals surface area (Å²) in [4.78, 5) is 11.5. The minimum atomic E-state index is 0.567. The summed E-state index contributed by atoms with van der Waals surface area (Å²) in [6.07, 6.45) is 6.71. The summed E-state index contributed by atoms with van der Waals surface area (Å²) in [6.45, 7) is 3.30. The molecule has 0 spiro atoms. The molecule has 1 aromatic heterocycles. The molecule has 0 bridgehead atoms. The fourth-order valence-corrected chi connectivity index (χ4v) is 3.34. The molecule has 1 aliphatic heterocycles. The van der Waals surface area contributed by atoms with Gasteiger partial charge in [0.25, 0.3) is 0 Å². The smallest absolute Gasteiger partial charge is 0.229 e. The molecule has 0 radical (unpaired) electrons. The van der Waals surface area contributed by atoms with Crippen LogP contribution in [0.5, 0.6) is 11.5 Å². The van der Waals surface area contributed by atoms with Gasteiger partial charge in [0.1, 0.15) is 5.82 Å². The van der Waals surface area contributed by atoms with E-state index in [2.05, 4.69) is 22.1 Å². The van der Waals surface area contributed by atoms with E-state index in [1.165, 1.54) is 19.3 Å². The fraction of sp³-hybridized carbons (Fsp3) is 0.474. The van der Waals surface area contributed by atoms with Gasteiger partial charge in [-0.1, -0.05) is 6.92 Å². The number of hydrogen-bond donors (Lipinski definition) is 1. The molecule has 134 valence electrons. The van der Waals surface area contributed by atoms with Gasteiger partial charge in [-0.2, -0.15) is 4.98 Å². The summed E-state index contributed by atoms with van der Waals surface area (Å²) in [5, 5.41) is 3.26. The molecule has 3 rings (SSSR count). The lowest BCUT2D eigenvalue weighted by Gasteiger charge is -2.36. The van der Waals surface area contributed by atoms with E-state index in [0.717, 1.165) is 24.5 Å². The van der Waals surface area contributed by atoms with Crippen LogP contribution in [0.15, 0.2) is 30.5 Å². The molecule has 25 heavy (non-hydrogen) atoms. The zero-order chi connectivity index (χ0) is 17.6. The highest BCUT2D eigenvalue weighted by Crippen LogP contribution is 2.31. The van der Waals surface area contributed by atoms with E-state index >= 15 is 0 Å². The van der Waals surface area contributed by atoms with Gasteiger partial charge in [0.05, 0.1) is 14.2 Å². The Balaban J connectivity index is 1.80. The maximum atomic E-state index is 5.35. The Morgan fingerprint density at radius 3 is 2.76 bits per heavy atom. The van der Waals surface area contributed by atoms with Gasteiger partial charge in [-0.05, 0) is 43.9 Å². The molecule has 1 aliphatic rings. The van der Waals surface area contributed by atoms with Gasteiger partial charge in [-0.15, -0.1) is 0 Å². The number of anilines is 3. The standard InChI is InChI=1S/C19H26N4O2/c1-4-15-7-5-6-12-23(15)18-10-11-20-19(22-18)21-14-8-9-16(24-2)17(13-14)25-3/h8-11,13,15H,4-7,12H2,1-3H3,(H,20,21,22). The SMILES string of the molecule is CCC1CCCCN1c1ccnc(Nc2ccc(OC)c(OC)c2)n1. The summed E-state index contributed by atoms with van der Waals surface area (Å²) >= 11 is 0. The van der Waals surface area contributed by atoms with E-state index in [4.69, 9.17) is 14.5 Å². The highest BCUT2D eigenvalue weighted by atomic mass is 16.5. The van der Waals surface area contributed by atoms with E-state index in [1.807, 2.05) is 30.5 Å². The van der Waals surface area contributed by atoms with Gasteiger partial charge in [0.2, 0.25) is 5.95 Å². The molecule has 0 saturated carbocycles. The lowest BCUT2D eigenvalue weighted by Crippen LogP contribution is -2.39. The first-order valence-electron chi connectivity index (χ1n) is 8.84. The van der Waals surface area contributed by atoms with E-state index in [0.29, 0.717) is 23.5 Å². The number of methoxy groups -OCH3 is 2. The van der Waals surface area contributed by atoms with Crippen molar-refractivity contribution in [1.29, 1.82) is 0 Å². The minimum Gasteiger partial charge on any atom is -0.493 e. The van der Waals surface area contributed by atoms with E-state index in [1.54, 1.807) is 14.2 Å². The number of benzene rings is 1. The zero-order valence-electron chi connectivity index (χ0n) is 15.2. The molecule has 2 heterocycles. The normalized spacial score (nSPS) is 17.2. The monoisotopic (exact) mass is 342 g/mol. The van der Waals surface area contributed by atoms with Crippen LogP contribution in [-0.4, -0.2) is 36.8 Å². The topological polar surface area (TPSA) is 59.5 Å². The average molecular weight is 342 g/mol. The first kappa shape index (κ1) is 17.3. The summed E-state index contributed by atoms with van der Waals surface area (Å²) < 4.78 is 10.6. The predicted molar refractivity (Wildman–Crippen MR) is 100 cm³/mol. The Labute approximate surface area is 149 Å². The first-order chi connectivity index (χ1) is 12.2. The minimum absolute atomic E-state index is 0.567. The molecule has 6 nitrogen and oxygen atoms in total. The number of hydrogen-bond acceptors (Lipinski definition) is 6. The van der Waals surface area contributed by atoms with Crippen LogP contribution in [0.2, 0.25) is 0 Å². The molecule has 1 saturated heterocycles. The van der Waals surface area contributed by atoms with Crippen LogP contribution in [0.3, 0.4) is 0 Å². The molecule has 1 unspecified atom stereocenters. The lowest BCUT2D eigenvalue weighted by molar-refractivity contribution is 0.355. The van der Waals surface area contributed by atoms with Crippen molar-refractivity contribution in [3.63, 3.8) is 0 Å². The van der Waals surface area contributed by atoms with Gasteiger partial charge >= 0.3 is 0 Å². The Kier molecular flexibility index (Phi) is 5.58. The second-order valence-electron chi connectivity index (χ2n) is 6.18. The molecule has 0 amide bonds. The zero-order valence-corrected chi connectivity index (χ0v) is 15.2. The van der Waals surface area contributed by atoms with Gasteiger partial charge in [0, 0.05) is 30.5 Å². The highest BCUT2D eigenvalue weighted by Gasteiger charge is 2.22. The van der Waals surface area contributed by atoms with Crippen LogP contribution >= 0.6 is 0 Å². The molecule has 1 aromatic carbocycles. The highest BCUT2D eigenvalue weighted by molar-refractivity contribution is 5.60. The number of nitrogens with zero attached hydrogens (tertiary/aromatic N) is 3. The van der Waals surface area contributed by atoms with Crippen molar-refractivity contribution in [2.24, 2.45) is 0 Å². The number of nitrogens with one attached hydrogen (secondary N) is 1. The van der Waals surface area contributed by atoms with Crippen LogP contribution in [0.4, 0.5) is 17.5 Å². The van der Waals surface area contributed by atoms with Crippen LogP contribution in [0.25, 0.3) is 0 Å². The summed E-state index contributed by atoms with van der Waals surface area (Å²) in [6, 6.07) is 8.23.